The van der Waals surface area contributed by atoms with Gasteiger partial charge in [-0.25, -0.2) is 23.7 Å². The molecule has 31 heavy (non-hydrogen) atoms. The molecule has 0 aliphatic carbocycles. The Morgan fingerprint density at radius 1 is 0.839 bits per heavy atom. The Bertz CT molecular complexity index is 1320. The van der Waals surface area contributed by atoms with Crippen LogP contribution >= 0.6 is 0 Å². The molecule has 5 rings (SSSR count). The van der Waals surface area contributed by atoms with Gasteiger partial charge < -0.3 is 0 Å². The number of imidazole rings is 1. The van der Waals surface area contributed by atoms with Gasteiger partial charge in [0.2, 0.25) is 5.95 Å². The van der Waals surface area contributed by atoms with Gasteiger partial charge in [-0.1, -0.05) is 38.1 Å². The van der Waals surface area contributed by atoms with Crippen molar-refractivity contribution in [2.24, 2.45) is 0 Å². The fraction of sp³-hybridized carbons (Fsp3) is 0.0870. The molecule has 2 aromatic carbocycles. The number of fused-ring (bicyclic) bond motifs is 1. The number of benzene rings is 2. The average molecular weight is 416 g/mol. The molecular weight excluding hydrogens is 398 g/mol. The zero-order chi connectivity index (χ0) is 21.8. The molecule has 0 fully saturated rings. The highest BCUT2D eigenvalue weighted by Gasteiger charge is 2.15. The van der Waals surface area contributed by atoms with E-state index in [1.54, 1.807) is 41.6 Å². The van der Waals surface area contributed by atoms with E-state index >= 15 is 0 Å². The molecule has 0 radical (unpaired) electrons. The number of rotatable bonds is 3. The van der Waals surface area contributed by atoms with Crippen LogP contribution in [0.4, 0.5) is 8.78 Å². The molecule has 0 amide bonds. The lowest BCUT2D eigenvalue weighted by Crippen LogP contribution is -2.00. The first-order chi connectivity index (χ1) is 15.2. The van der Waals surface area contributed by atoms with E-state index in [0.717, 1.165) is 5.56 Å². The lowest BCUT2D eigenvalue weighted by molar-refractivity contribution is 0.588. The third kappa shape index (κ3) is 3.87. The van der Waals surface area contributed by atoms with E-state index in [-0.39, 0.29) is 11.3 Å². The summed E-state index contributed by atoms with van der Waals surface area (Å²) in [6, 6.07) is 12.6. The third-order valence-corrected chi connectivity index (χ3v) is 4.49. The summed E-state index contributed by atoms with van der Waals surface area (Å²) in [4.78, 5) is 12.8. The molecule has 154 valence electrons. The Morgan fingerprint density at radius 2 is 1.61 bits per heavy atom. The SMILES string of the molecule is CC.Fc1cccc(F)c1-c1cc2cccc(-c3ccnc(-n4ccnc4)n3)c2nn1. The summed E-state index contributed by atoms with van der Waals surface area (Å²) < 4.78 is 29.9. The molecular formula is C23H18F2N6. The van der Waals surface area contributed by atoms with Gasteiger partial charge in [0.1, 0.15) is 23.5 Å². The van der Waals surface area contributed by atoms with Crippen LogP contribution in [0, 0.1) is 11.6 Å². The van der Waals surface area contributed by atoms with Crippen molar-refractivity contribution in [3.63, 3.8) is 0 Å². The molecule has 0 atom stereocenters. The normalized spacial score (nSPS) is 10.6. The van der Waals surface area contributed by atoms with E-state index in [1.807, 2.05) is 32.0 Å². The first-order valence-corrected chi connectivity index (χ1v) is 9.73. The van der Waals surface area contributed by atoms with Crippen LogP contribution in [0.25, 0.3) is 39.4 Å². The predicted molar refractivity (Wildman–Crippen MR) is 114 cm³/mol. The Hall–Kier alpha value is -4.07. The first kappa shape index (κ1) is 20.2. The number of aromatic nitrogens is 6. The Labute approximate surface area is 177 Å². The minimum atomic E-state index is -0.685. The molecule has 0 bridgehead atoms. The highest BCUT2D eigenvalue weighted by Crippen LogP contribution is 2.30. The highest BCUT2D eigenvalue weighted by molar-refractivity contribution is 5.93. The molecule has 0 saturated heterocycles. The van der Waals surface area contributed by atoms with Gasteiger partial charge in [-0.3, -0.25) is 4.57 Å². The molecule has 0 N–H and O–H groups in total. The van der Waals surface area contributed by atoms with Crippen LogP contribution in [0.5, 0.6) is 0 Å². The second-order valence-electron chi connectivity index (χ2n) is 6.28. The largest absolute Gasteiger partial charge is 0.274 e. The summed E-state index contributed by atoms with van der Waals surface area (Å²) in [5.74, 6) is -0.902. The fourth-order valence-corrected chi connectivity index (χ4v) is 3.14. The molecule has 6 nitrogen and oxygen atoms in total. The second kappa shape index (κ2) is 8.74. The van der Waals surface area contributed by atoms with Gasteiger partial charge in [0.15, 0.2) is 0 Å². The topological polar surface area (TPSA) is 69.4 Å². The monoisotopic (exact) mass is 416 g/mol. The summed E-state index contributed by atoms with van der Waals surface area (Å²) in [5.41, 5.74) is 1.89. The number of hydrogen-bond donors (Lipinski definition) is 0. The van der Waals surface area contributed by atoms with Gasteiger partial charge in [-0.15, -0.1) is 10.2 Å². The van der Waals surface area contributed by atoms with Crippen molar-refractivity contribution < 1.29 is 8.78 Å². The number of hydrogen-bond acceptors (Lipinski definition) is 5. The quantitative estimate of drug-likeness (QED) is 0.402. The fourth-order valence-electron chi connectivity index (χ4n) is 3.14. The molecule has 0 saturated carbocycles. The maximum absolute atomic E-state index is 14.1. The van der Waals surface area contributed by atoms with Crippen LogP contribution in [-0.4, -0.2) is 29.7 Å². The van der Waals surface area contributed by atoms with E-state index in [2.05, 4.69) is 25.1 Å². The minimum absolute atomic E-state index is 0.132. The van der Waals surface area contributed by atoms with Crippen LogP contribution in [-0.2, 0) is 0 Å². The molecule has 3 heterocycles. The average Bonchev–Trinajstić information content (AvgIpc) is 3.35. The van der Waals surface area contributed by atoms with Gasteiger partial charge in [-0.2, -0.15) is 0 Å². The second-order valence-corrected chi connectivity index (χ2v) is 6.28. The predicted octanol–water partition coefficient (Wildman–Crippen LogP) is 5.24. The lowest BCUT2D eigenvalue weighted by Gasteiger charge is -2.09. The summed E-state index contributed by atoms with van der Waals surface area (Å²) in [6.07, 6.45) is 6.64. The summed E-state index contributed by atoms with van der Waals surface area (Å²) in [6.45, 7) is 4.00. The van der Waals surface area contributed by atoms with Crippen molar-refractivity contribution >= 4 is 10.9 Å². The summed E-state index contributed by atoms with van der Waals surface area (Å²) in [7, 11) is 0. The Kier molecular flexibility index (Phi) is 5.70. The van der Waals surface area contributed by atoms with Crippen LogP contribution in [0.2, 0.25) is 0 Å². The zero-order valence-electron chi connectivity index (χ0n) is 16.9. The van der Waals surface area contributed by atoms with Gasteiger partial charge >= 0.3 is 0 Å². The lowest BCUT2D eigenvalue weighted by atomic mass is 10.0. The third-order valence-electron chi connectivity index (χ3n) is 4.49. The van der Waals surface area contributed by atoms with Gasteiger partial charge in [0, 0.05) is 29.5 Å². The molecule has 0 unspecified atom stereocenters. The van der Waals surface area contributed by atoms with Crippen molar-refractivity contribution in [3.8, 4) is 28.5 Å². The van der Waals surface area contributed by atoms with Crippen LogP contribution in [0.3, 0.4) is 0 Å². The maximum atomic E-state index is 14.1. The molecule has 0 aliphatic rings. The van der Waals surface area contributed by atoms with E-state index in [0.29, 0.717) is 22.5 Å². The molecule has 0 aliphatic heterocycles. The van der Waals surface area contributed by atoms with E-state index in [4.69, 9.17) is 0 Å². The molecule has 5 aromatic rings. The molecule has 8 heteroatoms. The van der Waals surface area contributed by atoms with Crippen LogP contribution < -0.4 is 0 Å². The first-order valence-electron chi connectivity index (χ1n) is 9.73. The zero-order valence-corrected chi connectivity index (χ0v) is 16.9. The van der Waals surface area contributed by atoms with Crippen molar-refractivity contribution in [1.29, 1.82) is 0 Å². The van der Waals surface area contributed by atoms with Crippen molar-refractivity contribution in [1.82, 2.24) is 29.7 Å². The summed E-state index contributed by atoms with van der Waals surface area (Å²) >= 11 is 0. The minimum Gasteiger partial charge on any atom is -0.274 e. The van der Waals surface area contributed by atoms with Gasteiger partial charge in [-0.05, 0) is 24.3 Å². The highest BCUT2D eigenvalue weighted by atomic mass is 19.1. The van der Waals surface area contributed by atoms with Gasteiger partial charge in [0.25, 0.3) is 0 Å². The number of nitrogens with zero attached hydrogens (tertiary/aromatic N) is 6. The Morgan fingerprint density at radius 3 is 2.35 bits per heavy atom. The molecule has 3 aromatic heterocycles. The van der Waals surface area contributed by atoms with E-state index in [1.165, 1.54) is 18.2 Å². The van der Waals surface area contributed by atoms with E-state index in [9.17, 15) is 8.78 Å². The standard InChI is InChI=1S/C21H12F2N6.C2H6/c22-15-5-2-6-16(23)19(15)18-11-13-3-1-4-14(20(13)28-27-18)17-7-8-25-21(26-17)29-10-9-24-12-29;1-2/h1-12H;1-2H3. The number of halogens is 2. The Balaban J connectivity index is 0.00000112. The van der Waals surface area contributed by atoms with Crippen molar-refractivity contribution in [2.45, 2.75) is 13.8 Å². The van der Waals surface area contributed by atoms with Gasteiger partial charge in [0.05, 0.1) is 17.0 Å². The van der Waals surface area contributed by atoms with Crippen LogP contribution in [0.1, 0.15) is 13.8 Å². The van der Waals surface area contributed by atoms with E-state index < -0.39 is 11.6 Å². The van der Waals surface area contributed by atoms with Crippen molar-refractivity contribution in [3.05, 3.63) is 85.1 Å². The maximum Gasteiger partial charge on any atom is 0.235 e. The summed E-state index contributed by atoms with van der Waals surface area (Å²) in [5, 5.41) is 9.01. The van der Waals surface area contributed by atoms with Crippen LogP contribution in [0.15, 0.2) is 73.4 Å². The molecule has 0 spiro atoms. The smallest absolute Gasteiger partial charge is 0.235 e. The van der Waals surface area contributed by atoms with Crippen molar-refractivity contribution in [2.75, 3.05) is 0 Å².